The van der Waals surface area contributed by atoms with Gasteiger partial charge in [-0.05, 0) is 44.0 Å². The highest BCUT2D eigenvalue weighted by Crippen LogP contribution is 2.30. The minimum absolute atomic E-state index is 0.449. The van der Waals surface area contributed by atoms with Crippen molar-refractivity contribution in [2.75, 3.05) is 18.5 Å². The Bertz CT molecular complexity index is 327. The van der Waals surface area contributed by atoms with Crippen molar-refractivity contribution in [1.82, 2.24) is 5.32 Å². The summed E-state index contributed by atoms with van der Waals surface area (Å²) in [6, 6.07) is 10.2. The molecule has 0 heterocycles. The van der Waals surface area contributed by atoms with Crippen molar-refractivity contribution in [2.24, 2.45) is 0 Å². The maximum atomic E-state index is 3.43. The summed E-state index contributed by atoms with van der Waals surface area (Å²) in [5.74, 6) is 0. The van der Waals surface area contributed by atoms with Gasteiger partial charge in [-0.1, -0.05) is 19.1 Å². The highest BCUT2D eigenvalue weighted by molar-refractivity contribution is 5.49. The van der Waals surface area contributed by atoms with Gasteiger partial charge < -0.3 is 10.2 Å². The van der Waals surface area contributed by atoms with E-state index < -0.39 is 0 Å². The summed E-state index contributed by atoms with van der Waals surface area (Å²) in [4.78, 5) is 2.39. The fourth-order valence-electron chi connectivity index (χ4n) is 2.09. The van der Waals surface area contributed by atoms with Gasteiger partial charge in [-0.2, -0.15) is 0 Å². The molecule has 2 heteroatoms. The van der Waals surface area contributed by atoms with Gasteiger partial charge in [0.15, 0.2) is 0 Å². The summed E-state index contributed by atoms with van der Waals surface area (Å²) in [7, 11) is 2.19. The van der Waals surface area contributed by atoms with Crippen molar-refractivity contribution >= 4 is 5.69 Å². The van der Waals surface area contributed by atoms with E-state index in [9.17, 15) is 0 Å². The number of hydrogen-bond donors (Lipinski definition) is 1. The Morgan fingerprint density at radius 3 is 2.44 bits per heavy atom. The standard InChI is InChI=1S/C14H22N2/c1-4-15-11(2)12-5-7-13(8-6-12)16(3)14-9-10-14/h5-8,11,14-15H,4,9-10H2,1-3H3. The van der Waals surface area contributed by atoms with E-state index in [4.69, 9.17) is 0 Å². The molecular formula is C14H22N2. The van der Waals surface area contributed by atoms with Crippen LogP contribution in [0.3, 0.4) is 0 Å². The van der Waals surface area contributed by atoms with Gasteiger partial charge >= 0.3 is 0 Å². The maximum absolute atomic E-state index is 3.43. The van der Waals surface area contributed by atoms with Crippen molar-refractivity contribution in [3.63, 3.8) is 0 Å². The highest BCUT2D eigenvalue weighted by Gasteiger charge is 2.26. The minimum atomic E-state index is 0.449. The molecule has 2 rings (SSSR count). The largest absolute Gasteiger partial charge is 0.372 e. The molecule has 16 heavy (non-hydrogen) atoms. The number of hydrogen-bond acceptors (Lipinski definition) is 2. The lowest BCUT2D eigenvalue weighted by molar-refractivity contribution is 0.598. The highest BCUT2D eigenvalue weighted by atomic mass is 15.2. The number of rotatable bonds is 5. The first-order valence-electron chi connectivity index (χ1n) is 6.28. The number of anilines is 1. The van der Waals surface area contributed by atoms with Crippen LogP contribution >= 0.6 is 0 Å². The predicted molar refractivity (Wildman–Crippen MR) is 70.0 cm³/mol. The summed E-state index contributed by atoms with van der Waals surface area (Å²) >= 11 is 0. The second-order valence-corrected chi connectivity index (χ2v) is 4.71. The third-order valence-corrected chi connectivity index (χ3v) is 3.41. The van der Waals surface area contributed by atoms with Crippen LogP contribution in [-0.4, -0.2) is 19.6 Å². The van der Waals surface area contributed by atoms with Crippen LogP contribution in [0.4, 0.5) is 5.69 Å². The second-order valence-electron chi connectivity index (χ2n) is 4.71. The van der Waals surface area contributed by atoms with Crippen molar-refractivity contribution < 1.29 is 0 Å². The van der Waals surface area contributed by atoms with Crippen LogP contribution < -0.4 is 10.2 Å². The molecule has 0 aliphatic heterocycles. The molecule has 1 unspecified atom stereocenters. The van der Waals surface area contributed by atoms with Gasteiger partial charge in [0.1, 0.15) is 0 Å². The van der Waals surface area contributed by atoms with Gasteiger partial charge in [0.05, 0.1) is 0 Å². The van der Waals surface area contributed by atoms with Crippen molar-refractivity contribution in [2.45, 2.75) is 38.8 Å². The Morgan fingerprint density at radius 2 is 1.94 bits per heavy atom. The van der Waals surface area contributed by atoms with Crippen molar-refractivity contribution in [3.05, 3.63) is 29.8 Å². The molecule has 0 saturated heterocycles. The van der Waals surface area contributed by atoms with Crippen LogP contribution in [0.25, 0.3) is 0 Å². The molecule has 1 aromatic carbocycles. The van der Waals surface area contributed by atoms with E-state index in [1.807, 2.05) is 0 Å². The number of benzene rings is 1. The molecule has 0 radical (unpaired) electrons. The molecule has 88 valence electrons. The van der Waals surface area contributed by atoms with E-state index in [1.54, 1.807) is 0 Å². The Kier molecular flexibility index (Phi) is 3.49. The molecule has 1 atom stereocenters. The van der Waals surface area contributed by atoms with Crippen LogP contribution in [0.1, 0.15) is 38.3 Å². The first-order valence-corrected chi connectivity index (χ1v) is 6.28. The average Bonchev–Trinajstić information content (AvgIpc) is 3.12. The molecule has 1 aliphatic rings. The van der Waals surface area contributed by atoms with Crippen LogP contribution in [0.5, 0.6) is 0 Å². The second kappa shape index (κ2) is 4.88. The Morgan fingerprint density at radius 1 is 1.31 bits per heavy atom. The molecule has 0 amide bonds. The molecule has 0 aromatic heterocycles. The van der Waals surface area contributed by atoms with Gasteiger partial charge in [0.2, 0.25) is 0 Å². The normalized spacial score (nSPS) is 17.2. The predicted octanol–water partition coefficient (Wildman–Crippen LogP) is 2.96. The van der Waals surface area contributed by atoms with Gasteiger partial charge in [0, 0.05) is 24.8 Å². The first kappa shape index (κ1) is 11.5. The SMILES string of the molecule is CCNC(C)c1ccc(N(C)C2CC2)cc1. The minimum Gasteiger partial charge on any atom is -0.372 e. The van der Waals surface area contributed by atoms with E-state index in [0.717, 1.165) is 12.6 Å². The molecule has 1 aliphatic carbocycles. The van der Waals surface area contributed by atoms with E-state index in [0.29, 0.717) is 6.04 Å². The van der Waals surface area contributed by atoms with Crippen molar-refractivity contribution in [3.8, 4) is 0 Å². The summed E-state index contributed by atoms with van der Waals surface area (Å²) in [6.07, 6.45) is 2.71. The maximum Gasteiger partial charge on any atom is 0.0366 e. The lowest BCUT2D eigenvalue weighted by atomic mass is 10.1. The molecule has 1 N–H and O–H groups in total. The molecule has 1 aromatic rings. The Hall–Kier alpha value is -1.02. The zero-order chi connectivity index (χ0) is 11.5. The van der Waals surface area contributed by atoms with Gasteiger partial charge in [-0.15, -0.1) is 0 Å². The zero-order valence-electron chi connectivity index (χ0n) is 10.5. The topological polar surface area (TPSA) is 15.3 Å². The van der Waals surface area contributed by atoms with Gasteiger partial charge in [-0.3, -0.25) is 0 Å². The van der Waals surface area contributed by atoms with E-state index in [1.165, 1.54) is 24.1 Å². The quantitative estimate of drug-likeness (QED) is 0.817. The smallest absolute Gasteiger partial charge is 0.0366 e. The van der Waals surface area contributed by atoms with Gasteiger partial charge in [0.25, 0.3) is 0 Å². The van der Waals surface area contributed by atoms with Crippen LogP contribution in [0.15, 0.2) is 24.3 Å². The number of nitrogens with zero attached hydrogens (tertiary/aromatic N) is 1. The Labute approximate surface area is 98.7 Å². The lowest BCUT2D eigenvalue weighted by Gasteiger charge is -2.20. The molecular weight excluding hydrogens is 196 g/mol. The fraction of sp³-hybridized carbons (Fsp3) is 0.571. The third-order valence-electron chi connectivity index (χ3n) is 3.41. The van der Waals surface area contributed by atoms with E-state index in [-0.39, 0.29) is 0 Å². The summed E-state index contributed by atoms with van der Waals surface area (Å²) in [6.45, 7) is 5.37. The monoisotopic (exact) mass is 218 g/mol. The lowest BCUT2D eigenvalue weighted by Crippen LogP contribution is -2.20. The molecule has 0 bridgehead atoms. The zero-order valence-corrected chi connectivity index (χ0v) is 10.5. The van der Waals surface area contributed by atoms with E-state index >= 15 is 0 Å². The fourth-order valence-corrected chi connectivity index (χ4v) is 2.09. The van der Waals surface area contributed by atoms with E-state index in [2.05, 4.69) is 55.4 Å². The average molecular weight is 218 g/mol. The summed E-state index contributed by atoms with van der Waals surface area (Å²) in [5, 5.41) is 3.43. The van der Waals surface area contributed by atoms with Crippen LogP contribution in [-0.2, 0) is 0 Å². The molecule has 1 fully saturated rings. The van der Waals surface area contributed by atoms with Crippen LogP contribution in [0.2, 0.25) is 0 Å². The first-order chi connectivity index (χ1) is 7.72. The Balaban J connectivity index is 2.03. The van der Waals surface area contributed by atoms with Gasteiger partial charge in [-0.25, -0.2) is 0 Å². The molecule has 0 spiro atoms. The van der Waals surface area contributed by atoms with Crippen molar-refractivity contribution in [1.29, 1.82) is 0 Å². The summed E-state index contributed by atoms with van der Waals surface area (Å²) in [5.41, 5.74) is 2.71. The molecule has 1 saturated carbocycles. The molecule has 2 nitrogen and oxygen atoms in total. The summed E-state index contributed by atoms with van der Waals surface area (Å²) < 4.78 is 0. The third kappa shape index (κ3) is 2.56. The van der Waals surface area contributed by atoms with Crippen LogP contribution in [0, 0.1) is 0 Å². The number of nitrogens with one attached hydrogen (secondary N) is 1.